The number of rotatable bonds is 5. The van der Waals surface area contributed by atoms with Crippen molar-refractivity contribution in [2.75, 3.05) is 37.0 Å². The van der Waals surface area contributed by atoms with Crippen molar-refractivity contribution in [2.24, 2.45) is 0 Å². The molecule has 0 amide bonds. The molecule has 1 aromatic rings. The van der Waals surface area contributed by atoms with E-state index in [4.69, 9.17) is 14.6 Å². The smallest absolute Gasteiger partial charge is 0.341 e. The van der Waals surface area contributed by atoms with Gasteiger partial charge in [-0.1, -0.05) is 6.07 Å². The van der Waals surface area contributed by atoms with Gasteiger partial charge in [-0.15, -0.1) is 0 Å². The Balaban J connectivity index is 2.22. The molecule has 0 spiro atoms. The largest absolute Gasteiger partial charge is 0.486 e. The zero-order valence-corrected chi connectivity index (χ0v) is 10.7. The van der Waals surface area contributed by atoms with Crippen LogP contribution >= 0.6 is 12.6 Å². The fraction of sp³-hybridized carbons (Fsp3) is 0.417. The average molecular weight is 269 g/mol. The predicted molar refractivity (Wildman–Crippen MR) is 71.1 cm³/mol. The van der Waals surface area contributed by atoms with Crippen LogP contribution in [-0.2, 0) is 4.79 Å². The molecule has 1 aliphatic heterocycles. The first kappa shape index (κ1) is 12.9. The van der Waals surface area contributed by atoms with Gasteiger partial charge in [0, 0.05) is 12.3 Å². The molecule has 0 saturated heterocycles. The molecule has 1 N–H and O–H groups in total. The van der Waals surface area contributed by atoms with E-state index in [0.29, 0.717) is 18.1 Å². The first-order chi connectivity index (χ1) is 8.72. The van der Waals surface area contributed by atoms with Gasteiger partial charge in [0.05, 0.1) is 12.2 Å². The molecule has 18 heavy (non-hydrogen) atoms. The number of para-hydroxylation sites is 1. The fourth-order valence-electron chi connectivity index (χ4n) is 1.88. The molecule has 2 rings (SSSR count). The Hall–Kier alpha value is -1.56. The van der Waals surface area contributed by atoms with Crippen LogP contribution in [0.5, 0.6) is 11.5 Å². The Morgan fingerprint density at radius 1 is 1.56 bits per heavy atom. The summed E-state index contributed by atoms with van der Waals surface area (Å²) in [4.78, 5) is 12.7. The Morgan fingerprint density at radius 2 is 2.39 bits per heavy atom. The number of hydrogen-bond donors (Lipinski definition) is 2. The number of nitrogens with zero attached hydrogens (tertiary/aromatic N) is 1. The van der Waals surface area contributed by atoms with Crippen LogP contribution in [0.2, 0.25) is 0 Å². The number of carboxylic acid groups (broad SMARTS) is 1. The van der Waals surface area contributed by atoms with Crippen LogP contribution in [0, 0.1) is 0 Å². The molecule has 1 heterocycles. The molecular weight excluding hydrogens is 254 g/mol. The van der Waals surface area contributed by atoms with Crippen molar-refractivity contribution in [3.05, 3.63) is 18.2 Å². The maximum atomic E-state index is 10.5. The minimum Gasteiger partial charge on any atom is -0.486 e. The Kier molecular flexibility index (Phi) is 4.19. The molecule has 98 valence electrons. The molecule has 5 nitrogen and oxygen atoms in total. The zero-order chi connectivity index (χ0) is 13.0. The molecule has 0 saturated carbocycles. The van der Waals surface area contributed by atoms with E-state index in [-0.39, 0.29) is 6.61 Å². The fourth-order valence-corrected chi connectivity index (χ4v) is 2.12. The highest BCUT2D eigenvalue weighted by atomic mass is 32.1. The summed E-state index contributed by atoms with van der Waals surface area (Å²) in [5, 5.41) is 8.63. The lowest BCUT2D eigenvalue weighted by Crippen LogP contribution is -2.34. The highest BCUT2D eigenvalue weighted by Gasteiger charge is 2.21. The van der Waals surface area contributed by atoms with Crippen molar-refractivity contribution >= 4 is 24.3 Å². The van der Waals surface area contributed by atoms with Crippen LogP contribution < -0.4 is 14.4 Å². The molecule has 0 fully saturated rings. The lowest BCUT2D eigenvalue weighted by atomic mass is 10.2. The maximum Gasteiger partial charge on any atom is 0.341 e. The van der Waals surface area contributed by atoms with Gasteiger partial charge in [-0.3, -0.25) is 0 Å². The van der Waals surface area contributed by atoms with Gasteiger partial charge in [-0.25, -0.2) is 4.79 Å². The van der Waals surface area contributed by atoms with Crippen molar-refractivity contribution in [2.45, 2.75) is 0 Å². The average Bonchev–Trinajstić information content (AvgIpc) is 2.37. The van der Waals surface area contributed by atoms with Crippen molar-refractivity contribution in [3.8, 4) is 11.5 Å². The third-order valence-electron chi connectivity index (χ3n) is 2.63. The van der Waals surface area contributed by atoms with E-state index in [9.17, 15) is 4.79 Å². The summed E-state index contributed by atoms with van der Waals surface area (Å²) in [7, 11) is 0. The van der Waals surface area contributed by atoms with E-state index in [1.165, 1.54) is 0 Å². The third kappa shape index (κ3) is 2.81. The number of benzene rings is 1. The Bertz CT molecular complexity index is 438. The second kappa shape index (κ2) is 5.86. The van der Waals surface area contributed by atoms with Crippen LogP contribution in [-0.4, -0.2) is 43.1 Å². The number of thiol groups is 1. The number of carboxylic acids is 1. The summed E-state index contributed by atoms with van der Waals surface area (Å²) < 4.78 is 10.8. The highest BCUT2D eigenvalue weighted by molar-refractivity contribution is 7.80. The predicted octanol–water partition coefficient (Wildman–Crippen LogP) is 1.28. The molecule has 0 aromatic heterocycles. The first-order valence-electron chi connectivity index (χ1n) is 5.68. The Labute approximate surface area is 111 Å². The van der Waals surface area contributed by atoms with Gasteiger partial charge >= 0.3 is 5.97 Å². The topological polar surface area (TPSA) is 59.0 Å². The number of anilines is 1. The van der Waals surface area contributed by atoms with Crippen LogP contribution in [0.1, 0.15) is 0 Å². The maximum absolute atomic E-state index is 10.5. The normalized spacial score (nSPS) is 13.7. The van der Waals surface area contributed by atoms with Crippen molar-refractivity contribution in [1.29, 1.82) is 0 Å². The first-order valence-corrected chi connectivity index (χ1v) is 6.32. The number of aliphatic carboxylic acids is 1. The van der Waals surface area contributed by atoms with E-state index >= 15 is 0 Å². The molecule has 6 heteroatoms. The van der Waals surface area contributed by atoms with E-state index in [1.54, 1.807) is 6.07 Å². The van der Waals surface area contributed by atoms with E-state index in [1.807, 2.05) is 12.1 Å². The SMILES string of the molecule is O=C(O)COc1cccc2c1OCCN2CCS. The van der Waals surface area contributed by atoms with Crippen LogP contribution in [0.3, 0.4) is 0 Å². The summed E-state index contributed by atoms with van der Waals surface area (Å²) in [6, 6.07) is 5.48. The lowest BCUT2D eigenvalue weighted by molar-refractivity contribution is -0.139. The molecule has 0 unspecified atom stereocenters. The molecule has 0 bridgehead atoms. The summed E-state index contributed by atoms with van der Waals surface area (Å²) in [5.41, 5.74) is 0.929. The standard InChI is InChI=1S/C12H15NO4S/c14-11(15)8-17-10-3-1-2-9-12(10)16-6-4-13(9)5-7-18/h1-3,18H,4-8H2,(H,14,15). The zero-order valence-electron chi connectivity index (χ0n) is 9.83. The molecule has 0 aliphatic carbocycles. The second-order valence-corrected chi connectivity index (χ2v) is 4.29. The van der Waals surface area contributed by atoms with Gasteiger partial charge in [-0.05, 0) is 12.1 Å². The van der Waals surface area contributed by atoms with Crippen LogP contribution in [0.4, 0.5) is 5.69 Å². The number of carbonyl (C=O) groups is 1. The van der Waals surface area contributed by atoms with E-state index < -0.39 is 5.97 Å². The summed E-state index contributed by atoms with van der Waals surface area (Å²) in [6.07, 6.45) is 0. The molecule has 0 radical (unpaired) electrons. The van der Waals surface area contributed by atoms with Gasteiger partial charge in [0.2, 0.25) is 0 Å². The van der Waals surface area contributed by atoms with Crippen molar-refractivity contribution in [3.63, 3.8) is 0 Å². The van der Waals surface area contributed by atoms with E-state index in [2.05, 4.69) is 17.5 Å². The monoisotopic (exact) mass is 269 g/mol. The minimum atomic E-state index is -1.00. The highest BCUT2D eigenvalue weighted by Crippen LogP contribution is 2.39. The lowest BCUT2D eigenvalue weighted by Gasteiger charge is -2.31. The summed E-state index contributed by atoms with van der Waals surface area (Å²) >= 11 is 4.23. The quantitative estimate of drug-likeness (QED) is 0.789. The minimum absolute atomic E-state index is 0.369. The molecule has 1 aromatic carbocycles. The van der Waals surface area contributed by atoms with Crippen molar-refractivity contribution in [1.82, 2.24) is 0 Å². The van der Waals surface area contributed by atoms with Gasteiger partial charge < -0.3 is 19.5 Å². The third-order valence-corrected chi connectivity index (χ3v) is 2.83. The van der Waals surface area contributed by atoms with Gasteiger partial charge in [-0.2, -0.15) is 12.6 Å². The number of fused-ring (bicyclic) bond motifs is 1. The van der Waals surface area contributed by atoms with Crippen molar-refractivity contribution < 1.29 is 19.4 Å². The molecule has 0 atom stereocenters. The van der Waals surface area contributed by atoms with Gasteiger partial charge in [0.15, 0.2) is 18.1 Å². The van der Waals surface area contributed by atoms with Crippen LogP contribution in [0.25, 0.3) is 0 Å². The van der Waals surface area contributed by atoms with Gasteiger partial charge in [0.25, 0.3) is 0 Å². The summed E-state index contributed by atoms with van der Waals surface area (Å²) in [5.74, 6) is 0.834. The number of ether oxygens (including phenoxy) is 2. The Morgan fingerprint density at radius 3 is 3.11 bits per heavy atom. The van der Waals surface area contributed by atoms with E-state index in [0.717, 1.165) is 24.5 Å². The molecular formula is C12H15NO4S. The van der Waals surface area contributed by atoms with Gasteiger partial charge in [0.1, 0.15) is 6.61 Å². The summed E-state index contributed by atoms with van der Waals surface area (Å²) in [6.45, 7) is 1.82. The molecule has 1 aliphatic rings. The van der Waals surface area contributed by atoms with Crippen LogP contribution in [0.15, 0.2) is 18.2 Å². The second-order valence-electron chi connectivity index (χ2n) is 3.85. The number of hydrogen-bond acceptors (Lipinski definition) is 5.